The third-order valence-electron chi connectivity index (χ3n) is 9.37. The highest BCUT2D eigenvalue weighted by Crippen LogP contribution is 2.32. The van der Waals surface area contributed by atoms with Gasteiger partial charge in [0.15, 0.2) is 5.69 Å². The van der Waals surface area contributed by atoms with Gasteiger partial charge >= 0.3 is 0 Å². The van der Waals surface area contributed by atoms with Crippen LogP contribution < -0.4 is 28.7 Å². The molecule has 0 saturated carbocycles. The minimum Gasteiger partial charge on any atom is -0.366 e. The van der Waals surface area contributed by atoms with Crippen LogP contribution >= 0.6 is 15.9 Å². The molecule has 0 unspecified atom stereocenters. The van der Waals surface area contributed by atoms with E-state index in [0.29, 0.717) is 28.9 Å². The molecule has 4 aliphatic carbocycles. The number of amides is 5. The number of aliphatic imine (C=N–C) groups is 1. The summed E-state index contributed by atoms with van der Waals surface area (Å²) in [4.78, 5) is 90.5. The lowest BCUT2D eigenvalue weighted by Gasteiger charge is -2.04. The maximum atomic E-state index is 11.1. The predicted octanol–water partition coefficient (Wildman–Crippen LogP) is 2.65. The van der Waals surface area contributed by atoms with E-state index in [2.05, 4.69) is 60.8 Å². The molecular weight excluding hydrogens is 860 g/mol. The van der Waals surface area contributed by atoms with Crippen LogP contribution in [0.2, 0.25) is 0 Å². The lowest BCUT2D eigenvalue weighted by atomic mass is 10.1. The van der Waals surface area contributed by atoms with Gasteiger partial charge in [0.2, 0.25) is 11.8 Å². The normalized spacial score (nSPS) is 13.2. The Labute approximate surface area is 361 Å². The monoisotopic (exact) mass is 896 g/mol. The molecule has 0 atom stereocenters. The summed E-state index contributed by atoms with van der Waals surface area (Å²) in [6.45, 7) is 1.87. The van der Waals surface area contributed by atoms with Gasteiger partial charge in [0, 0.05) is 88.1 Å². The van der Waals surface area contributed by atoms with Crippen molar-refractivity contribution < 1.29 is 24.0 Å². The molecule has 5 aromatic heterocycles. The van der Waals surface area contributed by atoms with Gasteiger partial charge < -0.3 is 28.7 Å². The van der Waals surface area contributed by atoms with Crippen LogP contribution in [-0.4, -0.2) is 75.6 Å². The van der Waals surface area contributed by atoms with Crippen molar-refractivity contribution in [1.82, 2.24) is 39.9 Å². The zero-order valence-electron chi connectivity index (χ0n) is 32.9. The van der Waals surface area contributed by atoms with Crippen molar-refractivity contribution in [1.29, 1.82) is 0 Å². The van der Waals surface area contributed by atoms with Crippen LogP contribution in [0.3, 0.4) is 0 Å². The summed E-state index contributed by atoms with van der Waals surface area (Å²) >= 11 is 3.33. The van der Waals surface area contributed by atoms with Crippen molar-refractivity contribution in [3.05, 3.63) is 146 Å². The van der Waals surface area contributed by atoms with E-state index in [1.165, 1.54) is 19.0 Å². The van der Waals surface area contributed by atoms with Crippen LogP contribution in [-0.2, 0) is 32.1 Å². The van der Waals surface area contributed by atoms with Crippen LogP contribution in [0.15, 0.2) is 66.6 Å². The second kappa shape index (κ2) is 19.4. The van der Waals surface area contributed by atoms with E-state index in [4.69, 9.17) is 28.7 Å². The van der Waals surface area contributed by atoms with Crippen molar-refractivity contribution in [2.75, 3.05) is 0 Å². The van der Waals surface area contributed by atoms with Gasteiger partial charge in [0.05, 0.1) is 28.5 Å². The lowest BCUT2D eigenvalue weighted by Crippen LogP contribution is -2.16. The summed E-state index contributed by atoms with van der Waals surface area (Å²) < 4.78 is 0.844. The number of hydrogen-bond donors (Lipinski definition) is 5. The number of carbonyl (C=O) groups is 5. The van der Waals surface area contributed by atoms with Gasteiger partial charge in [0.1, 0.15) is 36.1 Å². The standard InChI is InChI=1S/C10H10N2O.C9H8N2O.C8H6BrN3O.C8H7N3O.C7H6N4O/c1-6-5-8(10(11)13)7-3-2-4-9(7)12-6;10-9(12)7-4-5-11-8-3-1-2-6(7)8;9-4-1-2-5-6(4)7(8(10)13)12-3-11-5;9-8(12)7-5-2-1-3-6(5)10-4-11-7;8-7(12)6-5-4(1-2-9-5)10-3-11-6/h2-3,5H,4H2,1H3,(H2,11,13);1-2,4-5H,3H2,(H2,10,12);1,3H,2H2,(H2,10,13);1-2,4H,3H2,(H2,9,12);2-3H,1H2,(H2,8,12). The fourth-order valence-electron chi connectivity index (χ4n) is 6.61. The molecule has 19 nitrogen and oxygen atoms in total. The molecule has 5 aromatic rings. The van der Waals surface area contributed by atoms with Gasteiger partial charge in [0.25, 0.3) is 17.7 Å². The molecule has 312 valence electrons. The zero-order chi connectivity index (χ0) is 44.5. The largest absolute Gasteiger partial charge is 0.366 e. The number of nitrogens with zero attached hydrogens (tertiary/aromatic N) is 9. The molecule has 0 fully saturated rings. The number of carbonyl (C=O) groups excluding carboxylic acids is 5. The number of fused-ring (bicyclic) bond motifs is 5. The van der Waals surface area contributed by atoms with Crippen molar-refractivity contribution in [2.45, 2.75) is 39.0 Å². The predicted molar refractivity (Wildman–Crippen MR) is 233 cm³/mol. The summed E-state index contributed by atoms with van der Waals surface area (Å²) in [7, 11) is 0. The summed E-state index contributed by atoms with van der Waals surface area (Å²) in [5.74, 6) is -2.35. The number of hydrogen-bond acceptors (Lipinski definition) is 14. The van der Waals surface area contributed by atoms with Crippen LogP contribution in [0, 0.1) is 6.92 Å². The maximum absolute atomic E-state index is 11.1. The van der Waals surface area contributed by atoms with Crippen molar-refractivity contribution in [3.63, 3.8) is 0 Å². The third-order valence-corrected chi connectivity index (χ3v) is 10.1. The summed E-state index contributed by atoms with van der Waals surface area (Å²) in [6.07, 6.45) is 24.6. The van der Waals surface area contributed by atoms with Crippen molar-refractivity contribution in [3.8, 4) is 0 Å². The van der Waals surface area contributed by atoms with E-state index in [0.717, 1.165) is 86.6 Å². The molecular formula is C42H37BrN14O5. The fourth-order valence-corrected chi connectivity index (χ4v) is 7.19. The van der Waals surface area contributed by atoms with Crippen LogP contribution in [0.5, 0.6) is 0 Å². The van der Waals surface area contributed by atoms with Crippen LogP contribution in [0.4, 0.5) is 5.69 Å². The molecule has 5 aliphatic rings. The smallest absolute Gasteiger partial charge is 0.269 e. The molecule has 10 rings (SSSR count). The van der Waals surface area contributed by atoms with E-state index < -0.39 is 17.7 Å². The Kier molecular flexibility index (Phi) is 13.6. The molecule has 0 spiro atoms. The Balaban J connectivity index is 0.000000129. The van der Waals surface area contributed by atoms with Crippen LogP contribution in [0.1, 0.15) is 109 Å². The number of pyridine rings is 2. The topological polar surface area (TPSA) is 331 Å². The SMILES string of the molecule is Cc1cc(C(N)=O)c2c(n1)CC=C2.NC(=O)c1ccnc2c1C=CC2.NC(=O)c1ncnc2c1C(Br)=CC2.NC(=O)c1ncnc2c1C=CC2.NC(=O)c1ncnc2c1N=CC2. The summed E-state index contributed by atoms with van der Waals surface area (Å²) in [5, 5.41) is 0. The van der Waals surface area contributed by atoms with Gasteiger partial charge in [-0.1, -0.05) is 58.5 Å². The van der Waals surface area contributed by atoms with E-state index in [1.807, 2.05) is 49.5 Å². The highest BCUT2D eigenvalue weighted by molar-refractivity contribution is 9.15. The minimum atomic E-state index is -0.562. The summed E-state index contributed by atoms with van der Waals surface area (Å²) in [6, 6.07) is 3.38. The van der Waals surface area contributed by atoms with Gasteiger partial charge in [-0.2, -0.15) is 0 Å². The molecule has 1 aliphatic heterocycles. The molecule has 0 aromatic carbocycles. The van der Waals surface area contributed by atoms with E-state index in [1.54, 1.807) is 24.5 Å². The number of aryl methyl sites for hydroxylation is 1. The molecule has 62 heavy (non-hydrogen) atoms. The second-order valence-corrected chi connectivity index (χ2v) is 14.3. The highest BCUT2D eigenvalue weighted by atomic mass is 79.9. The van der Waals surface area contributed by atoms with Crippen LogP contribution in [0.25, 0.3) is 22.7 Å². The van der Waals surface area contributed by atoms with E-state index >= 15 is 0 Å². The van der Waals surface area contributed by atoms with Gasteiger partial charge in [-0.25, -0.2) is 29.9 Å². The number of nitrogens with two attached hydrogens (primary N) is 5. The second-order valence-electron chi connectivity index (χ2n) is 13.4. The first kappa shape index (κ1) is 43.6. The molecule has 20 heteroatoms. The Morgan fingerprint density at radius 2 is 1.08 bits per heavy atom. The number of aromatic nitrogens is 8. The minimum absolute atomic E-state index is 0.203. The van der Waals surface area contributed by atoms with Gasteiger partial charge in [-0.15, -0.1) is 0 Å². The molecule has 5 amide bonds. The molecule has 10 N–H and O–H groups in total. The van der Waals surface area contributed by atoms with Crippen molar-refractivity contribution in [2.24, 2.45) is 33.7 Å². The Bertz CT molecular complexity index is 2640. The Hall–Kier alpha value is -8.00. The first-order valence-electron chi connectivity index (χ1n) is 18.6. The highest BCUT2D eigenvalue weighted by Gasteiger charge is 2.22. The molecule has 0 radical (unpaired) electrons. The van der Waals surface area contributed by atoms with E-state index in [9.17, 15) is 24.0 Å². The fraction of sp³-hybridized carbons (Fsp3) is 0.143. The quantitative estimate of drug-likeness (QED) is 0.170. The van der Waals surface area contributed by atoms with Gasteiger partial charge in [-0.3, -0.25) is 38.9 Å². The number of halogens is 1. The number of rotatable bonds is 5. The van der Waals surface area contributed by atoms with Gasteiger partial charge in [-0.05, 0) is 19.1 Å². The first-order valence-corrected chi connectivity index (χ1v) is 19.4. The Morgan fingerprint density at radius 1 is 0.548 bits per heavy atom. The molecule has 0 saturated heterocycles. The van der Waals surface area contributed by atoms with Crippen molar-refractivity contribution >= 4 is 80.1 Å². The lowest BCUT2D eigenvalue weighted by molar-refractivity contribution is 0.0987. The average Bonchev–Trinajstić information content (AvgIpc) is 4.11. The number of allylic oxidation sites excluding steroid dienone is 4. The first-order chi connectivity index (χ1) is 29.7. The molecule has 6 heterocycles. The molecule has 0 bridgehead atoms. The number of primary amides is 5. The zero-order valence-corrected chi connectivity index (χ0v) is 34.5. The summed E-state index contributed by atoms with van der Waals surface area (Å²) in [5.41, 5.74) is 36.8. The van der Waals surface area contributed by atoms with E-state index in [-0.39, 0.29) is 23.2 Å². The Morgan fingerprint density at radius 3 is 1.71 bits per heavy atom. The third kappa shape index (κ3) is 9.88. The average molecular weight is 898 g/mol. The maximum Gasteiger partial charge on any atom is 0.269 e.